The zero-order chi connectivity index (χ0) is 14.5. The molecule has 1 fully saturated rings. The minimum atomic E-state index is -0.216. The topological polar surface area (TPSA) is 56.6 Å². The van der Waals surface area contributed by atoms with E-state index in [9.17, 15) is 4.79 Å². The first-order chi connectivity index (χ1) is 9.62. The highest BCUT2D eigenvalue weighted by Gasteiger charge is 2.24. The van der Waals surface area contributed by atoms with Gasteiger partial charge in [0, 0.05) is 26.2 Å². The second kappa shape index (κ2) is 6.85. The third kappa shape index (κ3) is 3.80. The number of aryl methyl sites for hydroxylation is 2. The van der Waals surface area contributed by atoms with Gasteiger partial charge in [0.1, 0.15) is 0 Å². The number of nitrogens with zero attached hydrogens (tertiary/aromatic N) is 3. The number of aromatic nitrogens is 2. The molecule has 2 rings (SSSR count). The molecule has 1 aliphatic rings. The van der Waals surface area contributed by atoms with Crippen LogP contribution in [0.2, 0.25) is 0 Å². The van der Waals surface area contributed by atoms with Gasteiger partial charge in [0.25, 0.3) is 0 Å². The highest BCUT2D eigenvalue weighted by Crippen LogP contribution is 2.14. The van der Waals surface area contributed by atoms with Gasteiger partial charge in [-0.05, 0) is 19.9 Å². The monoisotopic (exact) mass is 281 g/mol. The van der Waals surface area contributed by atoms with Crippen molar-refractivity contribution in [2.45, 2.75) is 39.5 Å². The zero-order valence-corrected chi connectivity index (χ0v) is 12.5. The summed E-state index contributed by atoms with van der Waals surface area (Å²) >= 11 is 0. The molecule has 1 unspecified atom stereocenters. The third-order valence-electron chi connectivity index (χ3n) is 3.52. The molecule has 0 radical (unpaired) electrons. The Morgan fingerprint density at radius 2 is 2.40 bits per heavy atom. The molecule has 1 aliphatic heterocycles. The van der Waals surface area contributed by atoms with Gasteiger partial charge in [-0.1, -0.05) is 0 Å². The quantitative estimate of drug-likeness (QED) is 0.753. The molecule has 6 nitrogen and oxygen atoms in total. The first-order valence-corrected chi connectivity index (χ1v) is 7.06. The molecule has 0 saturated carbocycles. The molecule has 1 saturated heterocycles. The fraction of sp³-hybridized carbons (Fsp3) is 0.714. The van der Waals surface area contributed by atoms with Crippen LogP contribution in [0.25, 0.3) is 0 Å². The molecule has 0 aliphatic carbocycles. The number of rotatable bonds is 5. The van der Waals surface area contributed by atoms with Crippen molar-refractivity contribution in [3.8, 4) is 0 Å². The fourth-order valence-corrected chi connectivity index (χ4v) is 2.55. The maximum absolute atomic E-state index is 11.3. The summed E-state index contributed by atoms with van der Waals surface area (Å²) < 4.78 is 12.3. The van der Waals surface area contributed by atoms with Gasteiger partial charge in [0.15, 0.2) is 0 Å². The highest BCUT2D eigenvalue weighted by atomic mass is 16.5. The van der Waals surface area contributed by atoms with Crippen LogP contribution >= 0.6 is 0 Å². The summed E-state index contributed by atoms with van der Waals surface area (Å²) in [4.78, 5) is 13.6. The Hall–Kier alpha value is -1.40. The predicted octanol–water partition coefficient (Wildman–Crippen LogP) is 0.975. The normalized spacial score (nSPS) is 20.1. The maximum atomic E-state index is 11.3. The van der Waals surface area contributed by atoms with Gasteiger partial charge in [-0.3, -0.25) is 14.4 Å². The molecule has 6 heteroatoms. The molecule has 1 aromatic heterocycles. The van der Waals surface area contributed by atoms with Crippen molar-refractivity contribution in [1.82, 2.24) is 14.7 Å². The van der Waals surface area contributed by atoms with Gasteiger partial charge < -0.3 is 9.47 Å². The molecule has 0 bridgehead atoms. The van der Waals surface area contributed by atoms with Gasteiger partial charge in [-0.15, -0.1) is 0 Å². The molecule has 0 spiro atoms. The minimum Gasteiger partial charge on any atom is -0.469 e. The van der Waals surface area contributed by atoms with Crippen LogP contribution in [0.5, 0.6) is 0 Å². The van der Waals surface area contributed by atoms with Gasteiger partial charge in [0.2, 0.25) is 0 Å². The molecular formula is C14H23N3O3. The van der Waals surface area contributed by atoms with Gasteiger partial charge in [-0.2, -0.15) is 5.10 Å². The van der Waals surface area contributed by atoms with Gasteiger partial charge in [0.05, 0.1) is 37.6 Å². The second-order valence-corrected chi connectivity index (χ2v) is 5.10. The zero-order valence-electron chi connectivity index (χ0n) is 12.5. The summed E-state index contributed by atoms with van der Waals surface area (Å²) in [6.45, 7) is 8.11. The number of esters is 1. The first-order valence-electron chi connectivity index (χ1n) is 7.06. The van der Waals surface area contributed by atoms with Crippen LogP contribution in [0.4, 0.5) is 0 Å². The Kier molecular flexibility index (Phi) is 5.14. The second-order valence-electron chi connectivity index (χ2n) is 5.10. The number of ether oxygens (including phenoxy) is 2. The third-order valence-corrected chi connectivity index (χ3v) is 3.52. The summed E-state index contributed by atoms with van der Waals surface area (Å²) in [7, 11) is 1.41. The molecule has 20 heavy (non-hydrogen) atoms. The Morgan fingerprint density at radius 3 is 3.10 bits per heavy atom. The van der Waals surface area contributed by atoms with E-state index in [2.05, 4.69) is 23.0 Å². The Labute approximate surface area is 119 Å². The smallest absolute Gasteiger partial charge is 0.308 e. The van der Waals surface area contributed by atoms with Crippen LogP contribution in [0.15, 0.2) is 6.07 Å². The van der Waals surface area contributed by atoms with Crippen molar-refractivity contribution < 1.29 is 14.3 Å². The van der Waals surface area contributed by atoms with Crippen molar-refractivity contribution in [1.29, 1.82) is 0 Å². The van der Waals surface area contributed by atoms with E-state index in [0.29, 0.717) is 13.0 Å². The molecular weight excluding hydrogens is 258 g/mol. The molecule has 1 atom stereocenters. The van der Waals surface area contributed by atoms with Crippen LogP contribution in [0, 0.1) is 6.92 Å². The van der Waals surface area contributed by atoms with E-state index in [-0.39, 0.29) is 12.1 Å². The lowest BCUT2D eigenvalue weighted by Crippen LogP contribution is -2.43. The SMILES string of the molecule is CCn1nc(C)cc1CN1CCOC(CC(=O)OC)C1. The predicted molar refractivity (Wildman–Crippen MR) is 74.3 cm³/mol. The number of carbonyl (C=O) groups is 1. The average Bonchev–Trinajstić information content (AvgIpc) is 2.79. The molecule has 2 heterocycles. The van der Waals surface area contributed by atoms with Gasteiger partial charge >= 0.3 is 5.97 Å². The number of hydrogen-bond acceptors (Lipinski definition) is 5. The maximum Gasteiger partial charge on any atom is 0.308 e. The number of hydrogen-bond donors (Lipinski definition) is 0. The van der Waals surface area contributed by atoms with E-state index in [1.807, 2.05) is 11.6 Å². The Morgan fingerprint density at radius 1 is 1.60 bits per heavy atom. The van der Waals surface area contributed by atoms with E-state index < -0.39 is 0 Å². The van der Waals surface area contributed by atoms with E-state index >= 15 is 0 Å². The van der Waals surface area contributed by atoms with Gasteiger partial charge in [-0.25, -0.2) is 0 Å². The van der Waals surface area contributed by atoms with E-state index in [4.69, 9.17) is 9.47 Å². The summed E-state index contributed by atoms with van der Waals surface area (Å²) in [6, 6.07) is 2.12. The minimum absolute atomic E-state index is 0.0738. The van der Waals surface area contributed by atoms with E-state index in [1.165, 1.54) is 12.8 Å². The van der Waals surface area contributed by atoms with Crippen LogP contribution < -0.4 is 0 Å². The molecule has 112 valence electrons. The lowest BCUT2D eigenvalue weighted by molar-refractivity contribution is -0.145. The van der Waals surface area contributed by atoms with Crippen molar-refractivity contribution in [3.05, 3.63) is 17.5 Å². The summed E-state index contributed by atoms with van der Waals surface area (Å²) in [5.41, 5.74) is 2.25. The lowest BCUT2D eigenvalue weighted by Gasteiger charge is -2.32. The van der Waals surface area contributed by atoms with Crippen LogP contribution in [0.3, 0.4) is 0 Å². The largest absolute Gasteiger partial charge is 0.469 e. The highest BCUT2D eigenvalue weighted by molar-refractivity contribution is 5.69. The van der Waals surface area contributed by atoms with E-state index in [0.717, 1.165) is 31.9 Å². The Balaban J connectivity index is 1.93. The first kappa shape index (κ1) is 15.0. The fourth-order valence-electron chi connectivity index (χ4n) is 2.55. The van der Waals surface area contributed by atoms with E-state index in [1.54, 1.807) is 0 Å². The number of morpholine rings is 1. The van der Waals surface area contributed by atoms with Crippen molar-refractivity contribution in [2.75, 3.05) is 26.8 Å². The van der Waals surface area contributed by atoms with Crippen molar-refractivity contribution in [3.63, 3.8) is 0 Å². The number of methoxy groups -OCH3 is 1. The molecule has 0 amide bonds. The van der Waals surface area contributed by atoms with Crippen LogP contribution in [-0.2, 0) is 27.4 Å². The summed E-state index contributed by atoms with van der Waals surface area (Å²) in [5.74, 6) is -0.216. The summed E-state index contributed by atoms with van der Waals surface area (Å²) in [6.07, 6.45) is 0.245. The average molecular weight is 281 g/mol. The lowest BCUT2D eigenvalue weighted by atomic mass is 10.2. The molecule has 0 aromatic carbocycles. The van der Waals surface area contributed by atoms with Crippen LogP contribution in [0.1, 0.15) is 24.7 Å². The molecule has 1 aromatic rings. The Bertz CT molecular complexity index is 459. The van der Waals surface area contributed by atoms with Crippen molar-refractivity contribution in [2.24, 2.45) is 0 Å². The van der Waals surface area contributed by atoms with Crippen LogP contribution in [-0.4, -0.2) is 53.6 Å². The molecule has 0 N–H and O–H groups in total. The summed E-state index contributed by atoms with van der Waals surface area (Å²) in [5, 5.41) is 4.46. The standard InChI is InChI=1S/C14H23N3O3/c1-4-17-12(7-11(2)15-17)9-16-5-6-20-13(10-16)8-14(18)19-3/h7,13H,4-6,8-10H2,1-3H3. The van der Waals surface area contributed by atoms with Crippen molar-refractivity contribution >= 4 is 5.97 Å². The number of carbonyl (C=O) groups excluding carboxylic acids is 1.